The molecule has 202 valence electrons. The van der Waals surface area contributed by atoms with E-state index in [0.29, 0.717) is 20.9 Å². The van der Waals surface area contributed by atoms with Crippen LogP contribution in [0, 0.1) is 0 Å². The van der Waals surface area contributed by atoms with Gasteiger partial charge in [-0.15, -0.1) is 11.3 Å². The molecule has 3 aromatic carbocycles. The van der Waals surface area contributed by atoms with Crippen LogP contribution >= 0.6 is 34.5 Å². The normalized spacial score (nSPS) is 12.0. The average Bonchev–Trinajstić information content (AvgIpc) is 3.38. The Morgan fingerprint density at radius 3 is 2.41 bits per heavy atom. The molecule has 0 fully saturated rings. The molecular weight excluding hydrogens is 572 g/mol. The average molecular weight is 593 g/mol. The minimum absolute atomic E-state index is 0.0735. The molecule has 12 heteroatoms. The molecule has 1 aromatic heterocycles. The van der Waals surface area contributed by atoms with E-state index in [1.54, 1.807) is 42.5 Å². The van der Waals surface area contributed by atoms with Gasteiger partial charge in [0.25, 0.3) is 5.91 Å². The third kappa shape index (κ3) is 7.72. The molecule has 0 aliphatic carbocycles. The summed E-state index contributed by atoms with van der Waals surface area (Å²) in [6.07, 6.45) is -4.34. The molecule has 4 aromatic rings. The third-order valence-electron chi connectivity index (χ3n) is 5.56. The van der Waals surface area contributed by atoms with Crippen LogP contribution in [0.25, 0.3) is 0 Å². The molecule has 0 bridgehead atoms. The molecule has 0 aliphatic heterocycles. The van der Waals surface area contributed by atoms with Crippen molar-refractivity contribution in [2.45, 2.75) is 25.2 Å². The van der Waals surface area contributed by atoms with Gasteiger partial charge in [-0.25, -0.2) is 4.98 Å². The van der Waals surface area contributed by atoms with Crippen LogP contribution in [-0.2, 0) is 23.9 Å². The van der Waals surface area contributed by atoms with Gasteiger partial charge in [-0.3, -0.25) is 9.59 Å². The second-order valence-corrected chi connectivity index (χ2v) is 10.0. The van der Waals surface area contributed by atoms with Crippen LogP contribution < -0.4 is 16.0 Å². The summed E-state index contributed by atoms with van der Waals surface area (Å²) in [5, 5.41) is 10.9. The second-order valence-electron chi connectivity index (χ2n) is 8.40. The van der Waals surface area contributed by atoms with E-state index < -0.39 is 29.6 Å². The lowest BCUT2D eigenvalue weighted by atomic mass is 10.0. The summed E-state index contributed by atoms with van der Waals surface area (Å²) in [5.41, 5.74) is 0.840. The molecule has 0 radical (unpaired) electrons. The molecule has 3 N–H and O–H groups in total. The summed E-state index contributed by atoms with van der Waals surface area (Å²) < 4.78 is 39.1. The molecular formula is C27H21Cl2F3N4O2S. The van der Waals surface area contributed by atoms with Crippen LogP contribution in [0.1, 0.15) is 27.2 Å². The summed E-state index contributed by atoms with van der Waals surface area (Å²) in [5.74, 6) is -1.14. The molecule has 1 heterocycles. The van der Waals surface area contributed by atoms with Gasteiger partial charge in [0.1, 0.15) is 11.7 Å². The van der Waals surface area contributed by atoms with Crippen molar-refractivity contribution in [2.75, 3.05) is 5.32 Å². The van der Waals surface area contributed by atoms with Crippen molar-refractivity contribution in [1.29, 1.82) is 0 Å². The molecule has 0 spiro atoms. The van der Waals surface area contributed by atoms with E-state index in [2.05, 4.69) is 20.9 Å². The van der Waals surface area contributed by atoms with E-state index in [9.17, 15) is 22.8 Å². The number of benzene rings is 3. The summed E-state index contributed by atoms with van der Waals surface area (Å²) in [7, 11) is 0. The van der Waals surface area contributed by atoms with Crippen molar-refractivity contribution in [2.24, 2.45) is 0 Å². The van der Waals surface area contributed by atoms with Crippen molar-refractivity contribution in [3.05, 3.63) is 111 Å². The number of carbonyl (C=O) groups is 2. The highest BCUT2D eigenvalue weighted by Crippen LogP contribution is 2.32. The molecule has 2 amide bonds. The van der Waals surface area contributed by atoms with E-state index in [1.807, 2.05) is 6.07 Å². The van der Waals surface area contributed by atoms with Gasteiger partial charge in [0.2, 0.25) is 5.91 Å². The van der Waals surface area contributed by atoms with Gasteiger partial charge < -0.3 is 16.0 Å². The maximum atomic E-state index is 13.1. The van der Waals surface area contributed by atoms with E-state index in [4.69, 9.17) is 23.2 Å². The monoisotopic (exact) mass is 592 g/mol. The number of hydrogen-bond acceptors (Lipinski definition) is 5. The Morgan fingerprint density at radius 1 is 0.949 bits per heavy atom. The fraction of sp³-hybridized carbons (Fsp3) is 0.148. The van der Waals surface area contributed by atoms with Crippen LogP contribution in [-0.4, -0.2) is 22.8 Å². The SMILES string of the molecule is O=C(NC(Cc1ccccc1)C(=O)NCc1cccc(C(F)(F)F)c1)c1csc(Nc2cccc(Cl)c2Cl)n1. The molecule has 39 heavy (non-hydrogen) atoms. The van der Waals surface area contributed by atoms with E-state index in [0.717, 1.165) is 29.0 Å². The quantitative estimate of drug-likeness (QED) is 0.198. The van der Waals surface area contributed by atoms with Gasteiger partial charge in [-0.2, -0.15) is 13.2 Å². The summed E-state index contributed by atoms with van der Waals surface area (Å²) >= 11 is 13.4. The van der Waals surface area contributed by atoms with Crippen LogP contribution in [0.15, 0.2) is 78.2 Å². The van der Waals surface area contributed by atoms with Gasteiger partial charge in [0.15, 0.2) is 5.13 Å². The third-order valence-corrected chi connectivity index (χ3v) is 7.13. The predicted molar refractivity (Wildman–Crippen MR) is 147 cm³/mol. The molecule has 0 saturated heterocycles. The van der Waals surface area contributed by atoms with Crippen molar-refractivity contribution in [1.82, 2.24) is 15.6 Å². The largest absolute Gasteiger partial charge is 0.416 e. The van der Waals surface area contributed by atoms with Gasteiger partial charge >= 0.3 is 6.18 Å². The highest BCUT2D eigenvalue weighted by Gasteiger charge is 2.30. The standard InChI is InChI=1S/C27H21Cl2F3N4O2S/c28-19-10-5-11-20(23(19)29)35-26-36-22(15-39-26)25(38)34-21(13-16-6-2-1-3-7-16)24(37)33-14-17-8-4-9-18(12-17)27(30,31)32/h1-12,15,21H,13-14H2,(H,33,37)(H,34,38)(H,35,36). The van der Waals surface area contributed by atoms with E-state index in [-0.39, 0.29) is 24.2 Å². The van der Waals surface area contributed by atoms with Crippen LogP contribution in [0.5, 0.6) is 0 Å². The van der Waals surface area contributed by atoms with Crippen molar-refractivity contribution in [3.63, 3.8) is 0 Å². The molecule has 1 unspecified atom stereocenters. The fourth-order valence-electron chi connectivity index (χ4n) is 3.61. The first-order valence-electron chi connectivity index (χ1n) is 11.6. The molecule has 4 rings (SSSR count). The lowest BCUT2D eigenvalue weighted by molar-refractivity contribution is -0.137. The second kappa shape index (κ2) is 12.5. The maximum absolute atomic E-state index is 13.1. The number of halogens is 5. The number of nitrogens with zero attached hydrogens (tertiary/aromatic N) is 1. The van der Waals surface area contributed by atoms with Crippen molar-refractivity contribution >= 4 is 57.2 Å². The zero-order valence-corrected chi connectivity index (χ0v) is 22.4. The zero-order chi connectivity index (χ0) is 28.0. The number of anilines is 2. The number of hydrogen-bond donors (Lipinski definition) is 3. The maximum Gasteiger partial charge on any atom is 0.416 e. The number of aromatic nitrogens is 1. The van der Waals surface area contributed by atoms with Crippen molar-refractivity contribution < 1.29 is 22.8 Å². The molecule has 6 nitrogen and oxygen atoms in total. The van der Waals surface area contributed by atoms with Crippen LogP contribution in [0.3, 0.4) is 0 Å². The van der Waals surface area contributed by atoms with Gasteiger partial charge in [-0.1, -0.05) is 71.7 Å². The highest BCUT2D eigenvalue weighted by molar-refractivity contribution is 7.14. The molecule has 1 atom stereocenters. The number of thiazole rings is 1. The summed E-state index contributed by atoms with van der Waals surface area (Å²) in [4.78, 5) is 30.4. The molecule has 0 saturated carbocycles. The first kappa shape index (κ1) is 28.4. The Kier molecular flexibility index (Phi) is 9.11. The van der Waals surface area contributed by atoms with E-state index in [1.165, 1.54) is 17.5 Å². The number of amides is 2. The minimum atomic E-state index is -4.50. The first-order valence-corrected chi connectivity index (χ1v) is 13.2. The lowest BCUT2D eigenvalue weighted by Crippen LogP contribution is -2.48. The number of rotatable bonds is 9. The Hall–Kier alpha value is -3.60. The smallest absolute Gasteiger partial charge is 0.350 e. The van der Waals surface area contributed by atoms with Crippen LogP contribution in [0.4, 0.5) is 24.0 Å². The molecule has 0 aliphatic rings. The summed E-state index contributed by atoms with van der Waals surface area (Å²) in [6, 6.07) is 17.8. The van der Waals surface area contributed by atoms with E-state index >= 15 is 0 Å². The highest BCUT2D eigenvalue weighted by atomic mass is 35.5. The van der Waals surface area contributed by atoms with Gasteiger partial charge in [-0.05, 0) is 35.4 Å². The fourth-order valence-corrected chi connectivity index (χ4v) is 4.66. The van der Waals surface area contributed by atoms with Crippen LogP contribution in [0.2, 0.25) is 10.0 Å². The number of nitrogens with one attached hydrogen (secondary N) is 3. The summed E-state index contributed by atoms with van der Waals surface area (Å²) in [6.45, 7) is -0.144. The Morgan fingerprint density at radius 2 is 1.67 bits per heavy atom. The van der Waals surface area contributed by atoms with Gasteiger partial charge in [0.05, 0.1) is 21.3 Å². The first-order chi connectivity index (χ1) is 18.6. The lowest BCUT2D eigenvalue weighted by Gasteiger charge is -2.18. The minimum Gasteiger partial charge on any atom is -0.350 e. The number of alkyl halides is 3. The zero-order valence-electron chi connectivity index (χ0n) is 20.1. The Balaban J connectivity index is 1.46. The predicted octanol–water partition coefficient (Wildman–Crippen LogP) is 6.87. The van der Waals surface area contributed by atoms with Crippen molar-refractivity contribution in [3.8, 4) is 0 Å². The topological polar surface area (TPSA) is 83.1 Å². The Bertz CT molecular complexity index is 1460. The number of carbonyl (C=O) groups excluding carboxylic acids is 2. The Labute approximate surface area is 236 Å². The van der Waals surface area contributed by atoms with Gasteiger partial charge in [0, 0.05) is 18.3 Å².